The van der Waals surface area contributed by atoms with Gasteiger partial charge >= 0.3 is 5.97 Å². The topological polar surface area (TPSA) is 217 Å². The molecule has 5 unspecified atom stereocenters. The minimum absolute atomic E-state index is 0.00984. The van der Waals surface area contributed by atoms with E-state index in [-0.39, 0.29) is 39.5 Å². The molecule has 7 N–H and O–H groups in total. The fourth-order valence-corrected chi connectivity index (χ4v) is 4.46. The molecule has 1 fully saturated rings. The molecule has 2 heterocycles. The van der Waals surface area contributed by atoms with Gasteiger partial charge in [-0.25, -0.2) is 4.79 Å². The van der Waals surface area contributed by atoms with Crippen LogP contribution in [0.5, 0.6) is 28.7 Å². The van der Waals surface area contributed by atoms with Crippen LogP contribution < -0.4 is 10.2 Å². The van der Waals surface area contributed by atoms with Crippen molar-refractivity contribution in [3.63, 3.8) is 0 Å². The Morgan fingerprint density at radius 1 is 0.884 bits per heavy atom. The van der Waals surface area contributed by atoms with E-state index in [4.69, 9.17) is 18.6 Å². The molecule has 0 amide bonds. The average molecular weight is 595 g/mol. The first kappa shape index (κ1) is 29.4. The van der Waals surface area contributed by atoms with Crippen LogP contribution in [0, 0.1) is 0 Å². The molecule has 0 spiro atoms. The van der Waals surface area contributed by atoms with E-state index in [1.165, 1.54) is 42.5 Å². The predicted octanol–water partition coefficient (Wildman–Crippen LogP) is 1.73. The molecule has 0 aliphatic carbocycles. The largest absolute Gasteiger partial charge is 0.508 e. The lowest BCUT2D eigenvalue weighted by Crippen LogP contribution is -2.61. The van der Waals surface area contributed by atoms with Crippen molar-refractivity contribution < 1.29 is 59.2 Å². The maximum absolute atomic E-state index is 12.8. The van der Waals surface area contributed by atoms with Crippen molar-refractivity contribution in [1.29, 1.82) is 0 Å². The van der Waals surface area contributed by atoms with Gasteiger partial charge in [0.1, 0.15) is 52.3 Å². The van der Waals surface area contributed by atoms with Crippen LogP contribution in [0.2, 0.25) is 0 Å². The maximum atomic E-state index is 12.8. The van der Waals surface area contributed by atoms with E-state index >= 15 is 0 Å². The Hall–Kier alpha value is -5.08. The minimum atomic E-state index is -1.76. The molecular formula is C30H26O13. The van der Waals surface area contributed by atoms with E-state index in [9.17, 15) is 45.3 Å². The number of phenols is 4. The normalized spacial score (nSPS) is 22.1. The number of benzene rings is 3. The van der Waals surface area contributed by atoms with Crippen LogP contribution in [0.4, 0.5) is 0 Å². The fraction of sp³-hybridized carbons (Fsp3) is 0.200. The van der Waals surface area contributed by atoms with Gasteiger partial charge in [0, 0.05) is 29.8 Å². The van der Waals surface area contributed by atoms with Crippen molar-refractivity contribution in [3.05, 3.63) is 82.5 Å². The van der Waals surface area contributed by atoms with Gasteiger partial charge in [-0.1, -0.05) is 12.1 Å². The van der Waals surface area contributed by atoms with Crippen LogP contribution >= 0.6 is 0 Å². The number of phenolic OH excluding ortho intramolecular Hbond substituents is 4. The number of esters is 1. The minimum Gasteiger partial charge on any atom is -0.508 e. The maximum Gasteiger partial charge on any atom is 0.331 e. The van der Waals surface area contributed by atoms with Crippen molar-refractivity contribution in [2.24, 2.45) is 0 Å². The Kier molecular flexibility index (Phi) is 8.23. The highest BCUT2D eigenvalue weighted by Crippen LogP contribution is 2.35. The van der Waals surface area contributed by atoms with Gasteiger partial charge in [0.2, 0.25) is 6.29 Å². The molecule has 0 radical (unpaired) electrons. The smallest absolute Gasteiger partial charge is 0.331 e. The van der Waals surface area contributed by atoms with Crippen LogP contribution in [-0.2, 0) is 14.3 Å². The zero-order valence-electron chi connectivity index (χ0n) is 22.1. The summed E-state index contributed by atoms with van der Waals surface area (Å²) in [6, 6.07) is 13.0. The highest BCUT2D eigenvalue weighted by Gasteiger charge is 2.48. The second-order valence-corrected chi connectivity index (χ2v) is 9.64. The molecule has 13 nitrogen and oxygen atoms in total. The Morgan fingerprint density at radius 3 is 2.33 bits per heavy atom. The Balaban J connectivity index is 1.44. The summed E-state index contributed by atoms with van der Waals surface area (Å²) in [5.74, 6) is -2.46. The molecule has 4 aromatic rings. The van der Waals surface area contributed by atoms with Crippen LogP contribution in [-0.4, -0.2) is 79.0 Å². The number of fused-ring (bicyclic) bond motifs is 1. The number of hydrogen-bond donors (Lipinski definition) is 7. The molecule has 1 saturated heterocycles. The summed E-state index contributed by atoms with van der Waals surface area (Å²) in [5, 5.41) is 70.0. The number of carbonyl (C=O) groups is 1. The zero-order chi connectivity index (χ0) is 30.8. The third-order valence-electron chi connectivity index (χ3n) is 6.68. The summed E-state index contributed by atoms with van der Waals surface area (Å²) in [6.45, 7) is -0.722. The highest BCUT2D eigenvalue weighted by atomic mass is 16.7. The molecule has 43 heavy (non-hydrogen) atoms. The number of hydrogen-bond acceptors (Lipinski definition) is 13. The Bertz CT molecular complexity index is 1730. The van der Waals surface area contributed by atoms with Gasteiger partial charge in [0.15, 0.2) is 23.0 Å². The lowest BCUT2D eigenvalue weighted by Gasteiger charge is -2.41. The highest BCUT2D eigenvalue weighted by molar-refractivity contribution is 5.87. The zero-order valence-corrected chi connectivity index (χ0v) is 22.1. The summed E-state index contributed by atoms with van der Waals surface area (Å²) in [7, 11) is 0. The molecule has 1 aliphatic heterocycles. The van der Waals surface area contributed by atoms with Crippen molar-refractivity contribution >= 4 is 23.0 Å². The van der Waals surface area contributed by atoms with Gasteiger partial charge in [-0.2, -0.15) is 0 Å². The Morgan fingerprint density at radius 2 is 1.63 bits per heavy atom. The van der Waals surface area contributed by atoms with Crippen molar-refractivity contribution in [2.75, 3.05) is 6.61 Å². The van der Waals surface area contributed by atoms with Gasteiger partial charge in [-0.3, -0.25) is 4.79 Å². The molecular weight excluding hydrogens is 568 g/mol. The van der Waals surface area contributed by atoms with E-state index in [1.807, 2.05) is 0 Å². The summed E-state index contributed by atoms with van der Waals surface area (Å²) in [4.78, 5) is 25.4. The second kappa shape index (κ2) is 12.0. The van der Waals surface area contributed by atoms with Crippen molar-refractivity contribution in [2.45, 2.75) is 30.7 Å². The van der Waals surface area contributed by atoms with Gasteiger partial charge in [-0.05, 0) is 42.0 Å². The Labute approximate surface area is 242 Å². The van der Waals surface area contributed by atoms with Crippen molar-refractivity contribution in [3.8, 4) is 40.1 Å². The molecule has 3 aromatic carbocycles. The second-order valence-electron chi connectivity index (χ2n) is 9.64. The number of aliphatic hydroxyl groups is 3. The average Bonchev–Trinajstić information content (AvgIpc) is 2.97. The van der Waals surface area contributed by atoms with Crippen LogP contribution in [0.1, 0.15) is 5.56 Å². The summed E-state index contributed by atoms with van der Waals surface area (Å²) in [5.41, 5.74) is 0.0165. The predicted molar refractivity (Wildman–Crippen MR) is 148 cm³/mol. The first-order valence-corrected chi connectivity index (χ1v) is 12.8. The summed E-state index contributed by atoms with van der Waals surface area (Å²) in [6.07, 6.45) is -5.55. The lowest BCUT2D eigenvalue weighted by atomic mass is 9.99. The summed E-state index contributed by atoms with van der Waals surface area (Å²) < 4.78 is 22.5. The molecule has 5 rings (SSSR count). The number of aliphatic hydroxyl groups excluding tert-OH is 3. The van der Waals surface area contributed by atoms with Crippen LogP contribution in [0.15, 0.2) is 76.0 Å². The van der Waals surface area contributed by atoms with Gasteiger partial charge in [0.25, 0.3) is 0 Å². The molecule has 5 atom stereocenters. The molecule has 0 bridgehead atoms. The standard InChI is InChI=1S/C30H26O13/c31-13-24-27(38)28(39)29(43-25(37)8-3-14-1-5-16(32)6-2-14)30(42-24)40-17-10-20(35)26-21(36)12-22(41-23(26)11-17)15-4-7-18(33)19(34)9-15/h1-12,24,27-35,38-39H,13H2. The lowest BCUT2D eigenvalue weighted by molar-refractivity contribution is -0.281. The third-order valence-corrected chi connectivity index (χ3v) is 6.68. The fourth-order valence-electron chi connectivity index (χ4n) is 4.46. The third kappa shape index (κ3) is 6.24. The molecule has 224 valence electrons. The van der Waals surface area contributed by atoms with E-state index in [1.54, 1.807) is 12.1 Å². The number of aromatic hydroxyl groups is 4. The molecule has 13 heteroatoms. The number of rotatable bonds is 7. The van der Waals surface area contributed by atoms with Gasteiger partial charge in [0.05, 0.1) is 6.61 Å². The van der Waals surface area contributed by atoms with E-state index in [0.717, 1.165) is 18.2 Å². The number of ether oxygens (including phenoxy) is 3. The van der Waals surface area contributed by atoms with Crippen LogP contribution in [0.3, 0.4) is 0 Å². The van der Waals surface area contributed by atoms with Gasteiger partial charge in [-0.15, -0.1) is 0 Å². The quantitative estimate of drug-likeness (QED) is 0.0923. The number of carbonyl (C=O) groups excluding carboxylic acids is 1. The van der Waals surface area contributed by atoms with E-state index < -0.39 is 60.2 Å². The van der Waals surface area contributed by atoms with E-state index in [0.29, 0.717) is 5.56 Å². The first-order valence-electron chi connectivity index (χ1n) is 12.8. The molecule has 1 aromatic heterocycles. The van der Waals surface area contributed by atoms with Gasteiger partial charge < -0.3 is 54.4 Å². The molecule has 1 aliphatic rings. The molecule has 0 saturated carbocycles. The first-order chi connectivity index (χ1) is 20.5. The van der Waals surface area contributed by atoms with E-state index in [2.05, 4.69) is 0 Å². The SMILES string of the molecule is O=C(C=Cc1ccc(O)cc1)OC1C(Oc2cc(O)c3c(=O)cc(-c4ccc(O)c(O)c4)oc3c2)OC(CO)C(O)C1O. The summed E-state index contributed by atoms with van der Waals surface area (Å²) >= 11 is 0. The van der Waals surface area contributed by atoms with Crippen molar-refractivity contribution in [1.82, 2.24) is 0 Å². The monoisotopic (exact) mass is 594 g/mol. The van der Waals surface area contributed by atoms with Crippen LogP contribution in [0.25, 0.3) is 28.4 Å².